The van der Waals surface area contributed by atoms with Crippen LogP contribution < -0.4 is 0 Å². The summed E-state index contributed by atoms with van der Waals surface area (Å²) in [4.78, 5) is 10.0. The molecule has 10 rings (SSSR count). The molecule has 0 amide bonds. The molecule has 0 bridgehead atoms. The Bertz CT molecular complexity index is 2990. The Labute approximate surface area is 296 Å². The molecule has 0 aliphatic heterocycles. The zero-order chi connectivity index (χ0) is 35.2. The fourth-order valence-corrected chi connectivity index (χ4v) is 8.07. The van der Waals surface area contributed by atoms with Gasteiger partial charge in [-0.15, -0.1) is 0 Å². The Morgan fingerprint density at radius 1 is 0.538 bits per heavy atom. The first-order valence-corrected chi connectivity index (χ1v) is 17.0. The standard InChI is InChI=1S/C44H29N3O5/c48-39-38(40(49)42(51)43(52)41(39)50)37-28-12-3-1-10-26(28)36(27-11-2-4-13-29(27)37)24-19-17-23(18-20-24)33-21-30-31(22-45-33)25-9-5-7-15-34(25)47-35-16-8-6-14-32(35)46-44(30)47/h1-3,5-12,14-22,48-52H,4,13H2. The van der Waals surface area contributed by atoms with Gasteiger partial charge in [0.1, 0.15) is 5.65 Å². The van der Waals surface area contributed by atoms with E-state index in [-0.39, 0.29) is 5.56 Å². The van der Waals surface area contributed by atoms with Gasteiger partial charge in [-0.05, 0) is 70.1 Å². The van der Waals surface area contributed by atoms with Crippen molar-refractivity contribution in [3.05, 3.63) is 127 Å². The Balaban J connectivity index is 1.16. The second-order valence-corrected chi connectivity index (χ2v) is 13.2. The number of hydrogen-bond donors (Lipinski definition) is 5. The van der Waals surface area contributed by atoms with Gasteiger partial charge in [0.2, 0.25) is 17.2 Å². The zero-order valence-corrected chi connectivity index (χ0v) is 27.5. The molecule has 3 aromatic heterocycles. The Morgan fingerprint density at radius 2 is 1.15 bits per heavy atom. The van der Waals surface area contributed by atoms with Crippen molar-refractivity contribution in [2.24, 2.45) is 0 Å². The van der Waals surface area contributed by atoms with Gasteiger partial charge in [-0.3, -0.25) is 9.38 Å². The van der Waals surface area contributed by atoms with Crippen LogP contribution >= 0.6 is 0 Å². The molecule has 52 heavy (non-hydrogen) atoms. The highest BCUT2D eigenvalue weighted by Crippen LogP contribution is 2.58. The second kappa shape index (κ2) is 11.0. The maximum absolute atomic E-state index is 11.0. The predicted octanol–water partition coefficient (Wildman–Crippen LogP) is 9.83. The number of hydrogen-bond acceptors (Lipinski definition) is 7. The van der Waals surface area contributed by atoms with E-state index < -0.39 is 28.7 Å². The number of rotatable bonds is 3. The van der Waals surface area contributed by atoms with Crippen LogP contribution in [0.3, 0.4) is 0 Å². The van der Waals surface area contributed by atoms with Crippen LogP contribution in [-0.2, 0) is 6.42 Å². The molecule has 0 atom stereocenters. The van der Waals surface area contributed by atoms with E-state index >= 15 is 0 Å². The molecule has 0 spiro atoms. The summed E-state index contributed by atoms with van der Waals surface area (Å²) in [5, 5.41) is 57.9. The van der Waals surface area contributed by atoms with Crippen molar-refractivity contribution in [2.45, 2.75) is 12.8 Å². The number of nitrogens with zero attached hydrogens (tertiary/aromatic N) is 3. The molecule has 0 radical (unpaired) electrons. The molecule has 5 N–H and O–H groups in total. The van der Waals surface area contributed by atoms with Crippen LogP contribution in [0.1, 0.15) is 17.5 Å². The Hall–Kier alpha value is -7.06. The normalized spacial score (nSPS) is 12.8. The van der Waals surface area contributed by atoms with Crippen molar-refractivity contribution in [3.63, 3.8) is 0 Å². The number of phenolic OH excluding ortho intramolecular Hbond substituents is 5. The summed E-state index contributed by atoms with van der Waals surface area (Å²) in [6.07, 6.45) is 7.38. The maximum atomic E-state index is 11.0. The Morgan fingerprint density at radius 3 is 1.90 bits per heavy atom. The molecule has 250 valence electrons. The summed E-state index contributed by atoms with van der Waals surface area (Å²) in [5.41, 5.74) is 9.77. The van der Waals surface area contributed by atoms with E-state index in [4.69, 9.17) is 9.97 Å². The van der Waals surface area contributed by atoms with Crippen LogP contribution in [0, 0.1) is 0 Å². The van der Waals surface area contributed by atoms with Crippen molar-refractivity contribution < 1.29 is 25.5 Å². The molecule has 0 fully saturated rings. The van der Waals surface area contributed by atoms with Crippen LogP contribution in [-0.4, -0.2) is 39.9 Å². The average molecular weight is 680 g/mol. The molecular weight excluding hydrogens is 651 g/mol. The van der Waals surface area contributed by atoms with Gasteiger partial charge in [-0.25, -0.2) is 4.98 Å². The second-order valence-electron chi connectivity index (χ2n) is 13.2. The SMILES string of the molecule is Oc1c(O)c(O)c(-c2c3c(c(-c4ccc(-c5cc6c(cn5)c5ccccc5n5c7ccccc7nc65)cc4)c4ccccc24)C=CCC3)c(O)c1O. The lowest BCUT2D eigenvalue weighted by Gasteiger charge is -2.25. The summed E-state index contributed by atoms with van der Waals surface area (Å²) in [6.45, 7) is 0. The van der Waals surface area contributed by atoms with Gasteiger partial charge in [-0.2, -0.15) is 0 Å². The minimum atomic E-state index is -0.981. The number of para-hydroxylation sites is 3. The number of allylic oxidation sites excluding steroid dienone is 1. The van der Waals surface area contributed by atoms with Gasteiger partial charge in [-0.1, -0.05) is 91.0 Å². The number of aromatic hydroxyl groups is 5. The van der Waals surface area contributed by atoms with E-state index in [1.807, 2.05) is 66.9 Å². The average Bonchev–Trinajstić information content (AvgIpc) is 3.59. The first-order chi connectivity index (χ1) is 25.4. The van der Waals surface area contributed by atoms with Crippen molar-refractivity contribution in [3.8, 4) is 62.3 Å². The summed E-state index contributed by atoms with van der Waals surface area (Å²) in [5.74, 6) is -4.19. The van der Waals surface area contributed by atoms with Crippen LogP contribution in [0.5, 0.6) is 28.7 Å². The van der Waals surface area contributed by atoms with Crippen LogP contribution in [0.25, 0.3) is 88.7 Å². The fourth-order valence-electron chi connectivity index (χ4n) is 8.07. The van der Waals surface area contributed by atoms with Gasteiger partial charge in [0.25, 0.3) is 0 Å². The molecule has 8 nitrogen and oxygen atoms in total. The number of phenols is 5. The zero-order valence-electron chi connectivity index (χ0n) is 27.5. The topological polar surface area (TPSA) is 131 Å². The highest BCUT2D eigenvalue weighted by atomic mass is 16.4. The Kier molecular flexibility index (Phi) is 6.29. The summed E-state index contributed by atoms with van der Waals surface area (Å²) in [7, 11) is 0. The largest absolute Gasteiger partial charge is 0.504 e. The van der Waals surface area contributed by atoms with E-state index in [2.05, 4.69) is 59.0 Å². The minimum absolute atomic E-state index is 0.132. The van der Waals surface area contributed by atoms with E-state index in [0.29, 0.717) is 17.4 Å². The predicted molar refractivity (Wildman–Crippen MR) is 205 cm³/mol. The third-order valence-electron chi connectivity index (χ3n) is 10.4. The number of pyridine rings is 2. The first-order valence-electron chi connectivity index (χ1n) is 17.0. The third kappa shape index (κ3) is 4.09. The minimum Gasteiger partial charge on any atom is -0.504 e. The molecule has 0 saturated heterocycles. The molecule has 0 saturated carbocycles. The molecule has 1 aliphatic carbocycles. The van der Waals surface area contributed by atoms with E-state index in [1.165, 1.54) is 0 Å². The molecule has 0 unspecified atom stereocenters. The maximum Gasteiger partial charge on any atom is 0.208 e. The molecule has 3 heterocycles. The monoisotopic (exact) mass is 679 g/mol. The van der Waals surface area contributed by atoms with Crippen molar-refractivity contribution in [1.82, 2.24) is 14.4 Å². The lowest BCUT2D eigenvalue weighted by atomic mass is 9.79. The van der Waals surface area contributed by atoms with Gasteiger partial charge in [0, 0.05) is 33.5 Å². The molecule has 1 aliphatic rings. The van der Waals surface area contributed by atoms with Gasteiger partial charge >= 0.3 is 0 Å². The molecule has 9 aromatic rings. The number of imidazole rings is 1. The summed E-state index contributed by atoms with van der Waals surface area (Å²) >= 11 is 0. The van der Waals surface area contributed by atoms with Crippen LogP contribution in [0.4, 0.5) is 0 Å². The molecular formula is C44H29N3O5. The lowest BCUT2D eigenvalue weighted by Crippen LogP contribution is -2.03. The van der Waals surface area contributed by atoms with Crippen LogP contribution in [0.15, 0.2) is 115 Å². The van der Waals surface area contributed by atoms with Crippen molar-refractivity contribution in [2.75, 3.05) is 0 Å². The smallest absolute Gasteiger partial charge is 0.208 e. The molecule has 8 heteroatoms. The highest BCUT2D eigenvalue weighted by molar-refractivity contribution is 6.15. The van der Waals surface area contributed by atoms with Gasteiger partial charge in [0.05, 0.1) is 27.8 Å². The van der Waals surface area contributed by atoms with E-state index in [9.17, 15) is 25.5 Å². The highest BCUT2D eigenvalue weighted by Gasteiger charge is 2.30. The lowest BCUT2D eigenvalue weighted by molar-refractivity contribution is 0.330. The summed E-state index contributed by atoms with van der Waals surface area (Å²) < 4.78 is 2.23. The van der Waals surface area contributed by atoms with Gasteiger partial charge in [0.15, 0.2) is 11.5 Å². The first kappa shape index (κ1) is 29.8. The van der Waals surface area contributed by atoms with Crippen molar-refractivity contribution >= 4 is 55.2 Å². The van der Waals surface area contributed by atoms with E-state index in [1.54, 1.807) is 0 Å². The molecule has 6 aromatic carbocycles. The summed E-state index contributed by atoms with van der Waals surface area (Å²) in [6, 6.07) is 34.6. The van der Waals surface area contributed by atoms with E-state index in [0.717, 1.165) is 83.7 Å². The third-order valence-corrected chi connectivity index (χ3v) is 10.4. The number of aromatic nitrogens is 3. The fraction of sp³-hybridized carbons (Fsp3) is 0.0455. The number of benzene rings is 6. The number of fused-ring (bicyclic) bond motifs is 10. The van der Waals surface area contributed by atoms with Crippen molar-refractivity contribution in [1.29, 1.82) is 0 Å². The van der Waals surface area contributed by atoms with Crippen LogP contribution in [0.2, 0.25) is 0 Å². The quantitative estimate of drug-likeness (QED) is 0.0714. The van der Waals surface area contributed by atoms with Gasteiger partial charge < -0.3 is 25.5 Å².